The summed E-state index contributed by atoms with van der Waals surface area (Å²) in [5.74, 6) is 0.850. The van der Waals surface area contributed by atoms with Gasteiger partial charge in [-0.15, -0.1) is 0 Å². The quantitative estimate of drug-likeness (QED) is 0.423. The van der Waals surface area contributed by atoms with Crippen LogP contribution in [0.25, 0.3) is 0 Å². The second-order valence-corrected chi connectivity index (χ2v) is 4.89. The van der Waals surface area contributed by atoms with Crippen molar-refractivity contribution in [1.82, 2.24) is 20.4 Å². The predicted molar refractivity (Wildman–Crippen MR) is 82.0 cm³/mol. The van der Waals surface area contributed by atoms with Crippen molar-refractivity contribution in [3.05, 3.63) is 18.0 Å². The van der Waals surface area contributed by atoms with Gasteiger partial charge in [0.1, 0.15) is 0 Å². The van der Waals surface area contributed by atoms with Gasteiger partial charge in [0.2, 0.25) is 0 Å². The Morgan fingerprint density at radius 3 is 2.95 bits per heavy atom. The van der Waals surface area contributed by atoms with Gasteiger partial charge in [-0.3, -0.25) is 9.67 Å². The highest BCUT2D eigenvalue weighted by molar-refractivity contribution is 5.80. The van der Waals surface area contributed by atoms with Gasteiger partial charge in [0.15, 0.2) is 5.96 Å². The molecule has 0 fully saturated rings. The third kappa shape index (κ3) is 6.56. The second-order valence-electron chi connectivity index (χ2n) is 4.89. The van der Waals surface area contributed by atoms with Crippen molar-refractivity contribution in [2.75, 3.05) is 26.8 Å². The van der Waals surface area contributed by atoms with E-state index in [4.69, 9.17) is 4.74 Å². The van der Waals surface area contributed by atoms with Crippen LogP contribution in [0.2, 0.25) is 0 Å². The summed E-state index contributed by atoms with van der Waals surface area (Å²) in [7, 11) is 3.64. The van der Waals surface area contributed by atoms with Crippen LogP contribution < -0.4 is 10.6 Å². The lowest BCUT2D eigenvalue weighted by molar-refractivity contribution is 0.179. The standard InChI is InChI=1S/C14H27N5O/c1-5-15-14(18-12(2)11-20-4)16-8-6-7-13-9-17-19(3)10-13/h9-10,12H,5-8,11H2,1-4H3,(H2,15,16,18). The smallest absolute Gasteiger partial charge is 0.191 e. The lowest BCUT2D eigenvalue weighted by atomic mass is 10.2. The molecule has 6 heteroatoms. The summed E-state index contributed by atoms with van der Waals surface area (Å²) in [6.07, 6.45) is 5.98. The Labute approximate surface area is 121 Å². The number of hydrogen-bond acceptors (Lipinski definition) is 3. The van der Waals surface area contributed by atoms with Crippen molar-refractivity contribution >= 4 is 5.96 Å². The molecule has 20 heavy (non-hydrogen) atoms. The summed E-state index contributed by atoms with van der Waals surface area (Å²) in [6, 6.07) is 0.246. The number of aryl methyl sites for hydroxylation is 2. The molecule has 0 aliphatic rings. The molecule has 0 saturated carbocycles. The highest BCUT2D eigenvalue weighted by Crippen LogP contribution is 2.00. The first-order valence-corrected chi connectivity index (χ1v) is 7.17. The maximum absolute atomic E-state index is 5.11. The Morgan fingerprint density at radius 2 is 2.35 bits per heavy atom. The number of ether oxygens (including phenoxy) is 1. The van der Waals surface area contributed by atoms with Gasteiger partial charge in [-0.2, -0.15) is 5.10 Å². The van der Waals surface area contributed by atoms with Crippen molar-refractivity contribution in [3.8, 4) is 0 Å². The number of guanidine groups is 1. The number of nitrogens with zero attached hydrogens (tertiary/aromatic N) is 3. The summed E-state index contributed by atoms with van der Waals surface area (Å²) < 4.78 is 6.94. The highest BCUT2D eigenvalue weighted by atomic mass is 16.5. The summed E-state index contributed by atoms with van der Waals surface area (Å²) in [5, 5.41) is 10.7. The zero-order valence-corrected chi connectivity index (χ0v) is 13.0. The molecule has 0 radical (unpaired) electrons. The molecule has 6 nitrogen and oxygen atoms in total. The highest BCUT2D eigenvalue weighted by Gasteiger charge is 2.04. The van der Waals surface area contributed by atoms with Crippen molar-refractivity contribution in [1.29, 1.82) is 0 Å². The van der Waals surface area contributed by atoms with Crippen molar-refractivity contribution in [3.63, 3.8) is 0 Å². The van der Waals surface area contributed by atoms with Gasteiger partial charge in [0.25, 0.3) is 0 Å². The van der Waals surface area contributed by atoms with Crippen molar-refractivity contribution < 1.29 is 4.74 Å². The summed E-state index contributed by atoms with van der Waals surface area (Å²) in [5.41, 5.74) is 1.26. The topological polar surface area (TPSA) is 63.5 Å². The molecule has 1 aromatic rings. The van der Waals surface area contributed by atoms with Crippen LogP contribution in [0, 0.1) is 0 Å². The van der Waals surface area contributed by atoms with E-state index in [0.29, 0.717) is 6.61 Å². The molecule has 2 N–H and O–H groups in total. The minimum absolute atomic E-state index is 0.246. The van der Waals surface area contributed by atoms with Crippen LogP contribution in [-0.2, 0) is 18.2 Å². The Bertz CT molecular complexity index is 402. The lowest BCUT2D eigenvalue weighted by Crippen LogP contribution is -2.44. The van der Waals surface area contributed by atoms with E-state index < -0.39 is 0 Å². The Balaban J connectivity index is 2.34. The zero-order valence-electron chi connectivity index (χ0n) is 13.0. The number of hydrogen-bond donors (Lipinski definition) is 2. The fraction of sp³-hybridized carbons (Fsp3) is 0.714. The number of aliphatic imine (C=N–C) groups is 1. The van der Waals surface area contributed by atoms with Crippen molar-refractivity contribution in [2.45, 2.75) is 32.7 Å². The van der Waals surface area contributed by atoms with Crippen LogP contribution >= 0.6 is 0 Å². The molecule has 114 valence electrons. The Hall–Kier alpha value is -1.56. The molecule has 0 spiro atoms. The monoisotopic (exact) mass is 281 g/mol. The molecule has 0 bridgehead atoms. The average Bonchev–Trinajstić information content (AvgIpc) is 2.81. The molecular formula is C14H27N5O. The maximum atomic E-state index is 5.11. The first-order valence-electron chi connectivity index (χ1n) is 7.17. The van der Waals surface area contributed by atoms with Gasteiger partial charge in [-0.05, 0) is 32.3 Å². The van der Waals surface area contributed by atoms with Gasteiger partial charge in [-0.1, -0.05) is 0 Å². The van der Waals surface area contributed by atoms with Crippen LogP contribution in [0.1, 0.15) is 25.8 Å². The van der Waals surface area contributed by atoms with Crippen molar-refractivity contribution in [2.24, 2.45) is 12.0 Å². The number of aromatic nitrogens is 2. The van der Waals surface area contributed by atoms with E-state index in [-0.39, 0.29) is 6.04 Å². The molecule has 1 rings (SSSR count). The maximum Gasteiger partial charge on any atom is 0.191 e. The number of methoxy groups -OCH3 is 1. The summed E-state index contributed by atoms with van der Waals surface area (Å²) >= 11 is 0. The van der Waals surface area contributed by atoms with Gasteiger partial charge >= 0.3 is 0 Å². The average molecular weight is 281 g/mol. The second kappa shape index (κ2) is 9.36. The summed E-state index contributed by atoms with van der Waals surface area (Å²) in [4.78, 5) is 4.57. The Kier molecular flexibility index (Phi) is 7.72. The van der Waals surface area contributed by atoms with E-state index in [1.807, 2.05) is 24.1 Å². The van der Waals surface area contributed by atoms with E-state index in [1.54, 1.807) is 7.11 Å². The fourth-order valence-corrected chi connectivity index (χ4v) is 1.92. The summed E-state index contributed by atoms with van der Waals surface area (Å²) in [6.45, 7) is 6.46. The minimum atomic E-state index is 0.246. The van der Waals surface area contributed by atoms with E-state index in [9.17, 15) is 0 Å². The van der Waals surface area contributed by atoms with E-state index >= 15 is 0 Å². The zero-order chi connectivity index (χ0) is 14.8. The van der Waals surface area contributed by atoms with E-state index in [2.05, 4.69) is 34.6 Å². The molecule has 0 saturated heterocycles. The molecule has 0 aliphatic heterocycles. The minimum Gasteiger partial charge on any atom is -0.383 e. The van der Waals surface area contributed by atoms with Crippen LogP contribution in [-0.4, -0.2) is 48.6 Å². The van der Waals surface area contributed by atoms with Gasteiger partial charge < -0.3 is 15.4 Å². The van der Waals surface area contributed by atoms with Crippen LogP contribution in [0.5, 0.6) is 0 Å². The number of nitrogens with one attached hydrogen (secondary N) is 2. The van der Waals surface area contributed by atoms with Crippen LogP contribution in [0.4, 0.5) is 0 Å². The van der Waals surface area contributed by atoms with Gasteiger partial charge in [-0.25, -0.2) is 0 Å². The molecule has 1 aromatic heterocycles. The first kappa shape index (κ1) is 16.5. The normalized spacial score (nSPS) is 13.3. The molecule has 0 aromatic carbocycles. The molecule has 0 amide bonds. The number of rotatable bonds is 8. The van der Waals surface area contributed by atoms with E-state index in [0.717, 1.165) is 31.9 Å². The predicted octanol–water partition coefficient (Wildman–Crippen LogP) is 0.943. The van der Waals surface area contributed by atoms with Gasteiger partial charge in [0, 0.05) is 39.5 Å². The van der Waals surface area contributed by atoms with Crippen LogP contribution in [0.3, 0.4) is 0 Å². The van der Waals surface area contributed by atoms with Gasteiger partial charge in [0.05, 0.1) is 12.8 Å². The Morgan fingerprint density at radius 1 is 1.55 bits per heavy atom. The van der Waals surface area contributed by atoms with Crippen LogP contribution in [0.15, 0.2) is 17.4 Å². The third-order valence-electron chi connectivity index (χ3n) is 2.80. The first-order chi connectivity index (χ1) is 9.65. The molecular weight excluding hydrogens is 254 g/mol. The largest absolute Gasteiger partial charge is 0.383 e. The lowest BCUT2D eigenvalue weighted by Gasteiger charge is -2.16. The molecule has 1 unspecified atom stereocenters. The third-order valence-corrected chi connectivity index (χ3v) is 2.80. The fourth-order valence-electron chi connectivity index (χ4n) is 1.92. The van der Waals surface area contributed by atoms with E-state index in [1.165, 1.54) is 5.56 Å². The molecule has 0 aliphatic carbocycles. The SMILES string of the molecule is CCNC(=NCCCc1cnn(C)c1)NC(C)COC. The molecule has 1 atom stereocenters. The molecule has 1 heterocycles.